The van der Waals surface area contributed by atoms with E-state index < -0.39 is 5.60 Å². The molecule has 0 bridgehead atoms. The predicted octanol–water partition coefficient (Wildman–Crippen LogP) is 1.81. The van der Waals surface area contributed by atoms with Crippen molar-refractivity contribution in [2.45, 2.75) is 58.2 Å². The smallest absolute Gasteiger partial charge is 0.323 e. The van der Waals surface area contributed by atoms with Gasteiger partial charge in [-0.25, -0.2) is 0 Å². The zero-order valence-corrected chi connectivity index (χ0v) is 13.0. The van der Waals surface area contributed by atoms with Gasteiger partial charge in [0.2, 0.25) is 11.9 Å². The Labute approximate surface area is 125 Å². The summed E-state index contributed by atoms with van der Waals surface area (Å²) in [6.07, 6.45) is 3.77. The summed E-state index contributed by atoms with van der Waals surface area (Å²) >= 11 is 0. The maximum absolute atomic E-state index is 10.4. The highest BCUT2D eigenvalue weighted by molar-refractivity contribution is 5.36. The van der Waals surface area contributed by atoms with Gasteiger partial charge in [0.25, 0.3) is 0 Å². The zero-order valence-electron chi connectivity index (χ0n) is 13.0. The number of ether oxygens (including phenoxy) is 1. The zero-order chi connectivity index (χ0) is 15.3. The normalized spacial score (nSPS) is 17.0. The van der Waals surface area contributed by atoms with Crippen molar-refractivity contribution >= 4 is 11.9 Å². The molecule has 1 heterocycles. The summed E-state index contributed by atoms with van der Waals surface area (Å²) in [6, 6.07) is 0.289. The van der Waals surface area contributed by atoms with Gasteiger partial charge in [0, 0.05) is 13.1 Å². The molecule has 1 saturated carbocycles. The molecule has 0 atom stereocenters. The predicted molar refractivity (Wildman–Crippen MR) is 81.7 cm³/mol. The van der Waals surface area contributed by atoms with Crippen molar-refractivity contribution in [2.24, 2.45) is 0 Å². The molecule has 2 rings (SSSR count). The molecule has 1 aromatic heterocycles. The van der Waals surface area contributed by atoms with E-state index in [0.717, 1.165) is 25.7 Å². The van der Waals surface area contributed by atoms with E-state index in [2.05, 4.69) is 25.6 Å². The van der Waals surface area contributed by atoms with Crippen molar-refractivity contribution in [3.63, 3.8) is 0 Å². The van der Waals surface area contributed by atoms with Gasteiger partial charge in [0.05, 0.1) is 11.7 Å². The van der Waals surface area contributed by atoms with Crippen LogP contribution in [0.4, 0.5) is 11.9 Å². The standard InChI is InChI=1S/C14H25N5O2/c1-4-15-11-17-12(19-13(18-11)21-10(2)3)16-9-14(20)7-5-6-8-14/h10,20H,4-9H2,1-3H3,(H2,15,16,17,18,19). The van der Waals surface area contributed by atoms with Gasteiger partial charge in [-0.3, -0.25) is 0 Å². The van der Waals surface area contributed by atoms with Crippen LogP contribution in [0.15, 0.2) is 0 Å². The van der Waals surface area contributed by atoms with Gasteiger partial charge in [0.1, 0.15) is 0 Å². The number of hydrogen-bond acceptors (Lipinski definition) is 7. The Hall–Kier alpha value is -1.63. The second kappa shape index (κ2) is 6.89. The molecule has 1 aliphatic rings. The number of aromatic nitrogens is 3. The van der Waals surface area contributed by atoms with Crippen LogP contribution >= 0.6 is 0 Å². The van der Waals surface area contributed by atoms with Crippen LogP contribution in [0.1, 0.15) is 46.5 Å². The van der Waals surface area contributed by atoms with E-state index in [1.807, 2.05) is 20.8 Å². The van der Waals surface area contributed by atoms with Crippen LogP contribution in [-0.2, 0) is 0 Å². The van der Waals surface area contributed by atoms with Gasteiger partial charge in [0.15, 0.2) is 0 Å². The minimum atomic E-state index is -0.649. The molecule has 0 radical (unpaired) electrons. The van der Waals surface area contributed by atoms with Crippen molar-refractivity contribution in [3.05, 3.63) is 0 Å². The molecule has 0 spiro atoms. The summed E-state index contributed by atoms with van der Waals surface area (Å²) in [5, 5.41) is 16.5. The molecule has 0 unspecified atom stereocenters. The quantitative estimate of drug-likeness (QED) is 0.706. The van der Waals surface area contributed by atoms with Crippen LogP contribution < -0.4 is 15.4 Å². The second-order valence-corrected chi connectivity index (χ2v) is 5.75. The first kappa shape index (κ1) is 15.8. The maximum atomic E-state index is 10.4. The maximum Gasteiger partial charge on any atom is 0.323 e. The minimum Gasteiger partial charge on any atom is -0.461 e. The molecular weight excluding hydrogens is 270 g/mol. The molecular formula is C14H25N5O2. The average Bonchev–Trinajstić information content (AvgIpc) is 2.83. The lowest BCUT2D eigenvalue weighted by Gasteiger charge is -2.22. The van der Waals surface area contributed by atoms with Crippen molar-refractivity contribution < 1.29 is 9.84 Å². The van der Waals surface area contributed by atoms with Crippen molar-refractivity contribution in [3.8, 4) is 6.01 Å². The van der Waals surface area contributed by atoms with Gasteiger partial charge >= 0.3 is 6.01 Å². The lowest BCUT2D eigenvalue weighted by atomic mass is 10.0. The van der Waals surface area contributed by atoms with E-state index in [1.165, 1.54) is 0 Å². The van der Waals surface area contributed by atoms with Crippen molar-refractivity contribution in [1.82, 2.24) is 15.0 Å². The molecule has 0 amide bonds. The number of nitrogens with zero attached hydrogens (tertiary/aromatic N) is 3. The van der Waals surface area contributed by atoms with E-state index in [0.29, 0.717) is 25.0 Å². The van der Waals surface area contributed by atoms with Gasteiger partial charge in [-0.1, -0.05) is 12.8 Å². The summed E-state index contributed by atoms with van der Waals surface area (Å²) in [4.78, 5) is 12.7. The first-order valence-corrected chi connectivity index (χ1v) is 7.63. The summed E-state index contributed by atoms with van der Waals surface area (Å²) in [5.41, 5.74) is -0.649. The summed E-state index contributed by atoms with van der Waals surface area (Å²) < 4.78 is 5.53. The molecule has 3 N–H and O–H groups in total. The lowest BCUT2D eigenvalue weighted by molar-refractivity contribution is 0.0612. The fraction of sp³-hybridized carbons (Fsp3) is 0.786. The molecule has 0 aromatic carbocycles. The topological polar surface area (TPSA) is 92.2 Å². The Bertz CT molecular complexity index is 461. The van der Waals surface area contributed by atoms with E-state index >= 15 is 0 Å². The third-order valence-electron chi connectivity index (χ3n) is 3.40. The molecule has 7 heteroatoms. The Kier molecular flexibility index (Phi) is 5.17. The van der Waals surface area contributed by atoms with E-state index in [9.17, 15) is 5.11 Å². The Balaban J connectivity index is 2.07. The Morgan fingerprint density at radius 1 is 1.14 bits per heavy atom. The van der Waals surface area contributed by atoms with Crippen LogP contribution in [0.5, 0.6) is 6.01 Å². The molecule has 118 valence electrons. The molecule has 1 aliphatic carbocycles. The monoisotopic (exact) mass is 295 g/mol. The first-order chi connectivity index (χ1) is 10.0. The molecule has 21 heavy (non-hydrogen) atoms. The largest absolute Gasteiger partial charge is 0.461 e. The third kappa shape index (κ3) is 4.70. The third-order valence-corrected chi connectivity index (χ3v) is 3.40. The van der Waals surface area contributed by atoms with Crippen LogP contribution in [-0.4, -0.2) is 44.9 Å². The van der Waals surface area contributed by atoms with Crippen molar-refractivity contribution in [1.29, 1.82) is 0 Å². The van der Waals surface area contributed by atoms with Crippen LogP contribution in [0.3, 0.4) is 0 Å². The Morgan fingerprint density at radius 2 is 1.76 bits per heavy atom. The summed E-state index contributed by atoms with van der Waals surface area (Å²) in [7, 11) is 0. The molecule has 1 fully saturated rings. The number of hydrogen-bond donors (Lipinski definition) is 3. The van der Waals surface area contributed by atoms with Gasteiger partial charge in [-0.2, -0.15) is 15.0 Å². The fourth-order valence-corrected chi connectivity index (χ4v) is 2.39. The minimum absolute atomic E-state index is 0.00579. The fourth-order valence-electron chi connectivity index (χ4n) is 2.39. The average molecular weight is 295 g/mol. The highest BCUT2D eigenvalue weighted by atomic mass is 16.5. The SMILES string of the molecule is CCNc1nc(NCC2(O)CCCC2)nc(OC(C)C)n1. The number of nitrogens with one attached hydrogen (secondary N) is 2. The molecule has 7 nitrogen and oxygen atoms in total. The summed E-state index contributed by atoms with van der Waals surface area (Å²) in [5.74, 6) is 0.904. The van der Waals surface area contributed by atoms with E-state index in [4.69, 9.17) is 4.74 Å². The number of anilines is 2. The van der Waals surface area contributed by atoms with E-state index in [1.54, 1.807) is 0 Å². The lowest BCUT2D eigenvalue weighted by Crippen LogP contribution is -2.34. The number of aliphatic hydroxyl groups is 1. The van der Waals surface area contributed by atoms with Gasteiger partial charge in [-0.05, 0) is 33.6 Å². The highest BCUT2D eigenvalue weighted by Gasteiger charge is 2.31. The van der Waals surface area contributed by atoms with E-state index in [-0.39, 0.29) is 12.1 Å². The van der Waals surface area contributed by atoms with Crippen LogP contribution in [0.25, 0.3) is 0 Å². The first-order valence-electron chi connectivity index (χ1n) is 7.63. The van der Waals surface area contributed by atoms with Gasteiger partial charge in [-0.15, -0.1) is 0 Å². The molecule has 1 aromatic rings. The Morgan fingerprint density at radius 3 is 2.33 bits per heavy atom. The summed E-state index contributed by atoms with van der Waals surface area (Å²) in [6.45, 7) is 6.98. The number of rotatable bonds is 7. The second-order valence-electron chi connectivity index (χ2n) is 5.75. The highest BCUT2D eigenvalue weighted by Crippen LogP contribution is 2.29. The molecule has 0 aliphatic heterocycles. The van der Waals surface area contributed by atoms with Crippen LogP contribution in [0.2, 0.25) is 0 Å². The van der Waals surface area contributed by atoms with Gasteiger partial charge < -0.3 is 20.5 Å². The van der Waals surface area contributed by atoms with Crippen molar-refractivity contribution in [2.75, 3.05) is 23.7 Å². The molecule has 0 saturated heterocycles. The van der Waals surface area contributed by atoms with Crippen LogP contribution in [0, 0.1) is 0 Å².